The second-order valence-electron chi connectivity index (χ2n) is 25.7. The van der Waals surface area contributed by atoms with Gasteiger partial charge in [0.25, 0.3) is 0 Å². The average Bonchev–Trinajstić information content (AvgIpc) is 1.58. The molecule has 0 unspecified atom stereocenters. The Morgan fingerprint density at radius 2 is 0.459 bits per heavy atom. The maximum atomic E-state index is 7.30. The van der Waals surface area contributed by atoms with Crippen molar-refractivity contribution in [2.45, 2.75) is 0 Å². The van der Waals surface area contributed by atoms with Gasteiger partial charge < -0.3 is 9.13 Å². The van der Waals surface area contributed by atoms with Gasteiger partial charge in [0.05, 0.1) is 22.1 Å². The Morgan fingerprint density at radius 3 is 0.786 bits per heavy atom. The minimum Gasteiger partial charge on any atom is -0.309 e. The normalized spacial score (nSPS) is 13.7. The molecule has 5 heterocycles. The first-order chi connectivity index (χ1) is 48.3. The highest BCUT2D eigenvalue weighted by atomic mass is 79.9. The lowest BCUT2D eigenvalue weighted by molar-refractivity contribution is 1.18. The van der Waals surface area contributed by atoms with Crippen LogP contribution in [-0.4, -0.2) is 32.7 Å². The molecule has 2 aromatic heterocycles. The van der Waals surface area contributed by atoms with Crippen LogP contribution in [0.25, 0.3) is 88.4 Å². The first-order valence-electron chi connectivity index (χ1n) is 33.4. The third-order valence-electron chi connectivity index (χ3n) is 20.7. The molecule has 8 heteroatoms. The molecule has 0 amide bonds. The predicted octanol–water partition coefficient (Wildman–Crippen LogP) is 16.7. The summed E-state index contributed by atoms with van der Waals surface area (Å²) in [5.74, 6) is 0. The summed E-state index contributed by atoms with van der Waals surface area (Å²) in [4.78, 5) is 0. The van der Waals surface area contributed by atoms with Crippen LogP contribution in [-0.2, 0) is 0 Å². The zero-order valence-corrected chi connectivity index (χ0v) is 60.2. The Bertz CT molecular complexity index is 5550. The summed E-state index contributed by atoms with van der Waals surface area (Å²) >= 11 is 14.5. The van der Waals surface area contributed by atoms with Gasteiger partial charge in [0.15, 0.2) is 16.1 Å². The summed E-state index contributed by atoms with van der Waals surface area (Å²) in [5.41, 5.74) is 15.3. The molecule has 0 aliphatic carbocycles. The van der Waals surface area contributed by atoms with E-state index in [1.165, 1.54) is 145 Å². The quantitative estimate of drug-likeness (QED) is 0.111. The van der Waals surface area contributed by atoms with Crippen molar-refractivity contribution in [2.75, 3.05) is 0 Å². The van der Waals surface area contributed by atoms with Gasteiger partial charge in [-0.05, 0) is 163 Å². The van der Waals surface area contributed by atoms with Crippen LogP contribution in [0.3, 0.4) is 0 Å². The van der Waals surface area contributed by atoms with E-state index in [2.05, 4.69) is 399 Å². The van der Waals surface area contributed by atoms with Crippen LogP contribution in [0.15, 0.2) is 379 Å². The van der Waals surface area contributed by atoms with Gasteiger partial charge in [0.2, 0.25) is 7.38 Å². The molecular weight excluding hydrogens is 1390 g/mol. The van der Waals surface area contributed by atoms with Crippen molar-refractivity contribution in [1.29, 1.82) is 0 Å². The van der Waals surface area contributed by atoms with Crippen LogP contribution in [0.5, 0.6) is 0 Å². The van der Waals surface area contributed by atoms with Crippen LogP contribution in [0.2, 0.25) is 0 Å². The number of fused-ring (bicyclic) bond motifs is 15. The Kier molecular flexibility index (Phi) is 15.0. The summed E-state index contributed by atoms with van der Waals surface area (Å²) in [6, 6.07) is 136. The standard InChI is InChI=1S/C54H37NSi2.C18H11Br2N.C18H13ClSi/c1-4-18-38(19-5-1)55-49-34-32-41(56(39-20-6-2-7-21-39)51-28-14-10-24-43(51)44-25-11-15-29-52(44)56)36-47(49)48-37-42(33-35-50(48)55)57(40-22-8-3-9-23-40)53-30-16-12-26-45(53)46-27-13-17-31-54(46)57;19-12-6-8-17-15(10-12)16-11-13(20)7-9-18(16)21(17)14-4-2-1-3-5-14;19-20(14-8-2-1-3-9-14)17-12-6-4-10-15(17)16-11-5-7-13-18(16)20/h1-37H;1-11H;1-13H. The van der Waals surface area contributed by atoms with Crippen molar-refractivity contribution in [3.05, 3.63) is 379 Å². The Labute approximate surface area is 595 Å². The van der Waals surface area contributed by atoms with E-state index in [9.17, 15) is 0 Å². The van der Waals surface area contributed by atoms with E-state index in [1.807, 2.05) is 12.1 Å². The second-order valence-corrected chi connectivity index (χ2v) is 39.6. The largest absolute Gasteiger partial charge is 0.309 e. The van der Waals surface area contributed by atoms with Gasteiger partial charge in [-0.15, -0.1) is 11.1 Å². The van der Waals surface area contributed by atoms with Gasteiger partial charge in [-0.2, -0.15) is 0 Å². The van der Waals surface area contributed by atoms with E-state index in [0.717, 1.165) is 8.95 Å². The first kappa shape index (κ1) is 60.2. The highest BCUT2D eigenvalue weighted by Gasteiger charge is 2.51. The molecule has 0 spiro atoms. The molecule has 0 N–H and O–H groups in total. The minimum atomic E-state index is -2.70. The zero-order chi connectivity index (χ0) is 65.5. The topological polar surface area (TPSA) is 9.86 Å². The molecule has 98 heavy (non-hydrogen) atoms. The maximum Gasteiger partial charge on any atom is 0.249 e. The zero-order valence-electron chi connectivity index (χ0n) is 53.2. The third-order valence-corrected chi connectivity index (χ3v) is 36.8. The highest BCUT2D eigenvalue weighted by Crippen LogP contribution is 2.39. The molecule has 0 bridgehead atoms. The van der Waals surface area contributed by atoms with Gasteiger partial charge >= 0.3 is 0 Å². The number of rotatable bonds is 7. The lowest BCUT2D eigenvalue weighted by atomic mass is 10.1. The molecule has 3 aliphatic heterocycles. The van der Waals surface area contributed by atoms with E-state index < -0.39 is 23.5 Å². The fraction of sp³-hybridized carbons (Fsp3) is 0. The van der Waals surface area contributed by atoms with Crippen molar-refractivity contribution in [1.82, 2.24) is 9.13 Å². The SMILES string of the molecule is Brc1ccc2c(c1)c1cc(Br)ccc1n2-c1ccccc1.Cl[Si]1(c2ccccc2)c2ccccc2-c2ccccc21.c1ccc(-n2c3ccc([Si]4(c5ccccc5)c5ccccc5-c5ccccc54)cc3c3cc([Si]4(c5ccccc5)c5ccccc5-c5ccccc54)ccc32)cc1. The van der Waals surface area contributed by atoms with Crippen LogP contribution in [0.4, 0.5) is 0 Å². The summed E-state index contributed by atoms with van der Waals surface area (Å²) in [6.07, 6.45) is 0. The molecule has 15 aromatic carbocycles. The lowest BCUT2D eigenvalue weighted by Gasteiger charge is -2.31. The van der Waals surface area contributed by atoms with E-state index in [-0.39, 0.29) is 0 Å². The van der Waals surface area contributed by atoms with Crippen molar-refractivity contribution in [3.8, 4) is 44.8 Å². The van der Waals surface area contributed by atoms with Gasteiger partial charge in [-0.25, -0.2) is 0 Å². The smallest absolute Gasteiger partial charge is 0.249 e. The van der Waals surface area contributed by atoms with Crippen LogP contribution >= 0.6 is 42.9 Å². The fourth-order valence-electron chi connectivity index (χ4n) is 16.8. The molecule has 0 saturated heterocycles. The molecule has 464 valence electrons. The number of aromatic nitrogens is 2. The molecule has 0 saturated carbocycles. The van der Waals surface area contributed by atoms with E-state index >= 15 is 0 Å². The number of para-hydroxylation sites is 2. The highest BCUT2D eigenvalue weighted by molar-refractivity contribution is 9.10. The maximum absolute atomic E-state index is 7.30. The van der Waals surface area contributed by atoms with Crippen LogP contribution in [0.1, 0.15) is 0 Å². The van der Waals surface area contributed by atoms with E-state index in [4.69, 9.17) is 11.1 Å². The van der Waals surface area contributed by atoms with Crippen LogP contribution < -0.4 is 57.1 Å². The molecule has 20 rings (SSSR count). The molecule has 17 aromatic rings. The monoisotopic (exact) mass is 1450 g/mol. The van der Waals surface area contributed by atoms with E-state index in [1.54, 1.807) is 0 Å². The summed E-state index contributed by atoms with van der Waals surface area (Å²) in [5, 5.41) is 20.6. The fourth-order valence-corrected chi connectivity index (χ4v) is 32.6. The van der Waals surface area contributed by atoms with Crippen molar-refractivity contribution >= 4 is 167 Å². The van der Waals surface area contributed by atoms with Gasteiger partial charge in [0, 0.05) is 41.9 Å². The summed E-state index contributed by atoms with van der Waals surface area (Å²) < 4.78 is 6.99. The molecule has 2 nitrogen and oxygen atoms in total. The van der Waals surface area contributed by atoms with Crippen molar-refractivity contribution < 1.29 is 0 Å². The average molecular weight is 1450 g/mol. The Hall–Kier alpha value is -10.2. The minimum absolute atomic E-state index is 1.10. The second kappa shape index (κ2) is 24.4. The predicted molar refractivity (Wildman–Crippen MR) is 431 cm³/mol. The number of halogens is 3. The molecule has 0 radical (unpaired) electrons. The summed E-state index contributed by atoms with van der Waals surface area (Å²) in [7, 11) is -7.74. The Balaban J connectivity index is 0.000000137. The molecular formula is C90H61Br2ClN2Si3. The van der Waals surface area contributed by atoms with Gasteiger partial charge in [-0.3, -0.25) is 0 Å². The number of hydrogen-bond donors (Lipinski definition) is 0. The number of benzene rings is 15. The Morgan fingerprint density at radius 1 is 0.214 bits per heavy atom. The van der Waals surface area contributed by atoms with Gasteiger partial charge in [-0.1, -0.05) is 329 Å². The van der Waals surface area contributed by atoms with Crippen molar-refractivity contribution in [3.63, 3.8) is 0 Å². The third kappa shape index (κ3) is 9.28. The first-order valence-corrected chi connectivity index (χ1v) is 42.0. The molecule has 0 atom stereocenters. The van der Waals surface area contributed by atoms with Crippen LogP contribution in [0, 0.1) is 0 Å². The number of hydrogen-bond acceptors (Lipinski definition) is 0. The number of nitrogens with zero attached hydrogens (tertiary/aromatic N) is 2. The molecule has 3 aliphatic rings. The van der Waals surface area contributed by atoms with Gasteiger partial charge in [0.1, 0.15) is 0 Å². The van der Waals surface area contributed by atoms with E-state index in [0.29, 0.717) is 0 Å². The molecule has 0 fully saturated rings. The lowest BCUT2D eigenvalue weighted by Crippen LogP contribution is -2.72. The summed E-state index contributed by atoms with van der Waals surface area (Å²) in [6.45, 7) is 0. The van der Waals surface area contributed by atoms with Crippen molar-refractivity contribution in [2.24, 2.45) is 0 Å².